The number of piperazine rings is 1. The second-order valence-electron chi connectivity index (χ2n) is 11.8. The van der Waals surface area contributed by atoms with Crippen LogP contribution in [0.3, 0.4) is 0 Å². The summed E-state index contributed by atoms with van der Waals surface area (Å²) < 4.78 is 1.76. The van der Waals surface area contributed by atoms with E-state index in [1.807, 2.05) is 6.07 Å². The van der Waals surface area contributed by atoms with Gasteiger partial charge in [0.15, 0.2) is 0 Å². The number of hydrogen-bond donors (Lipinski definition) is 2. The van der Waals surface area contributed by atoms with Crippen molar-refractivity contribution < 1.29 is 0 Å². The third-order valence-corrected chi connectivity index (χ3v) is 9.17. The molecule has 42 heavy (non-hydrogen) atoms. The fourth-order valence-corrected chi connectivity index (χ4v) is 6.81. The van der Waals surface area contributed by atoms with Gasteiger partial charge < -0.3 is 14.9 Å². The molecule has 1 saturated heterocycles. The largest absolute Gasteiger partial charge is 0.367 e. The van der Waals surface area contributed by atoms with Crippen LogP contribution < -0.4 is 16.0 Å². The third kappa shape index (κ3) is 5.04. The van der Waals surface area contributed by atoms with Crippen LogP contribution in [-0.2, 0) is 13.0 Å². The number of hydrogen-bond acceptors (Lipinski definition) is 5. The molecule has 7 rings (SSSR count). The minimum atomic E-state index is -0.520. The minimum Gasteiger partial charge on any atom is -0.367 e. The fraction of sp³-hybridized carbons (Fsp3) is 0.382. The van der Waals surface area contributed by atoms with E-state index in [-0.39, 0.29) is 6.04 Å². The molecule has 5 aromatic rings. The Bertz CT molecular complexity index is 1840. The van der Waals surface area contributed by atoms with Gasteiger partial charge in [0.2, 0.25) is 0 Å². The Hall–Kier alpha value is -4.17. The summed E-state index contributed by atoms with van der Waals surface area (Å²) in [4.78, 5) is 41.6. The van der Waals surface area contributed by atoms with Crippen LogP contribution in [0.2, 0.25) is 0 Å². The first-order valence-corrected chi connectivity index (χ1v) is 15.4. The van der Waals surface area contributed by atoms with Crippen molar-refractivity contribution >= 4 is 27.8 Å². The summed E-state index contributed by atoms with van der Waals surface area (Å²) in [6.45, 7) is 6.69. The standard InChI is InChI=1S/C34H38N6O2/c1-2-23-11-14-25(15-12-23)32-35-27-9-6-10-30(31(27)37-32)39-19-17-38(18-20-39)22-24-13-16-29-28(21-24)36-33(41)34(42)40(29)26-7-4-3-5-8-26/h6,9-16,21,26H,2-5,7-8,17-20,22H2,1H3,(H,35,37)(H,36,41). The van der Waals surface area contributed by atoms with Gasteiger partial charge in [0.05, 0.1) is 27.8 Å². The fourth-order valence-electron chi connectivity index (χ4n) is 6.81. The normalized spacial score (nSPS) is 16.9. The van der Waals surface area contributed by atoms with Gasteiger partial charge in [-0.05, 0) is 54.7 Å². The molecule has 3 aromatic carbocycles. The Morgan fingerprint density at radius 3 is 2.38 bits per heavy atom. The van der Waals surface area contributed by atoms with Crippen LogP contribution in [0, 0.1) is 0 Å². The number of aromatic nitrogens is 4. The maximum absolute atomic E-state index is 12.8. The molecule has 2 N–H and O–H groups in total. The van der Waals surface area contributed by atoms with E-state index in [2.05, 4.69) is 81.3 Å². The number of anilines is 1. The molecular weight excluding hydrogens is 524 g/mol. The van der Waals surface area contributed by atoms with E-state index in [1.165, 1.54) is 17.7 Å². The van der Waals surface area contributed by atoms with Crippen molar-refractivity contribution in [1.29, 1.82) is 0 Å². The molecule has 2 aromatic heterocycles. The summed E-state index contributed by atoms with van der Waals surface area (Å²) in [5.41, 5.74) is 7.50. The predicted octanol–water partition coefficient (Wildman–Crippen LogP) is 5.62. The molecule has 0 bridgehead atoms. The molecule has 1 aliphatic carbocycles. The highest BCUT2D eigenvalue weighted by molar-refractivity contribution is 5.91. The number of fused-ring (bicyclic) bond motifs is 2. The van der Waals surface area contributed by atoms with E-state index < -0.39 is 11.1 Å². The van der Waals surface area contributed by atoms with Gasteiger partial charge in [0, 0.05) is 44.3 Å². The van der Waals surface area contributed by atoms with Gasteiger partial charge in [-0.15, -0.1) is 0 Å². The molecule has 1 saturated carbocycles. The van der Waals surface area contributed by atoms with Gasteiger partial charge in [-0.25, -0.2) is 4.98 Å². The molecule has 8 nitrogen and oxygen atoms in total. The minimum absolute atomic E-state index is 0.118. The molecule has 0 radical (unpaired) electrons. The molecule has 0 unspecified atom stereocenters. The molecule has 0 amide bonds. The first-order valence-electron chi connectivity index (χ1n) is 15.4. The van der Waals surface area contributed by atoms with Crippen LogP contribution >= 0.6 is 0 Å². The van der Waals surface area contributed by atoms with Gasteiger partial charge in [-0.2, -0.15) is 0 Å². The van der Waals surface area contributed by atoms with Crippen molar-refractivity contribution in [3.63, 3.8) is 0 Å². The van der Waals surface area contributed by atoms with E-state index in [9.17, 15) is 9.59 Å². The first kappa shape index (κ1) is 26.7. The summed E-state index contributed by atoms with van der Waals surface area (Å²) in [5.74, 6) is 0.905. The number of nitrogens with zero attached hydrogens (tertiary/aromatic N) is 4. The number of aryl methyl sites for hydroxylation is 1. The number of imidazole rings is 1. The molecule has 2 fully saturated rings. The maximum Gasteiger partial charge on any atom is 0.316 e. The van der Waals surface area contributed by atoms with Crippen molar-refractivity contribution in [2.45, 2.75) is 58.0 Å². The number of para-hydroxylation sites is 1. The van der Waals surface area contributed by atoms with Crippen LogP contribution in [0.25, 0.3) is 33.5 Å². The van der Waals surface area contributed by atoms with E-state index in [1.54, 1.807) is 4.57 Å². The Morgan fingerprint density at radius 1 is 0.857 bits per heavy atom. The first-order chi connectivity index (χ1) is 20.6. The lowest BCUT2D eigenvalue weighted by Gasteiger charge is -2.36. The van der Waals surface area contributed by atoms with Crippen molar-refractivity contribution in [2.24, 2.45) is 0 Å². The van der Waals surface area contributed by atoms with Gasteiger partial charge in [-0.3, -0.25) is 19.1 Å². The lowest BCUT2D eigenvalue weighted by molar-refractivity contribution is 0.250. The predicted molar refractivity (Wildman–Crippen MR) is 169 cm³/mol. The number of benzene rings is 3. The van der Waals surface area contributed by atoms with E-state index in [0.29, 0.717) is 0 Å². The van der Waals surface area contributed by atoms with Gasteiger partial charge in [0.25, 0.3) is 0 Å². The number of aromatic amines is 2. The molecule has 0 atom stereocenters. The lowest BCUT2D eigenvalue weighted by Crippen LogP contribution is -2.46. The number of rotatable bonds is 6. The average Bonchev–Trinajstić information content (AvgIpc) is 3.47. The average molecular weight is 563 g/mol. The van der Waals surface area contributed by atoms with E-state index in [0.717, 1.165) is 104 Å². The Morgan fingerprint density at radius 2 is 1.62 bits per heavy atom. The molecule has 8 heteroatoms. The summed E-state index contributed by atoms with van der Waals surface area (Å²) in [7, 11) is 0. The summed E-state index contributed by atoms with van der Waals surface area (Å²) in [6, 6.07) is 21.3. The topological polar surface area (TPSA) is 90.0 Å². The smallest absolute Gasteiger partial charge is 0.316 e. The summed E-state index contributed by atoms with van der Waals surface area (Å²) in [5, 5.41) is 0. The molecular formula is C34H38N6O2. The van der Waals surface area contributed by atoms with Crippen molar-refractivity contribution in [3.05, 3.63) is 92.5 Å². The molecule has 3 heterocycles. The zero-order valence-electron chi connectivity index (χ0n) is 24.2. The third-order valence-electron chi connectivity index (χ3n) is 9.17. The zero-order valence-corrected chi connectivity index (χ0v) is 24.2. The van der Waals surface area contributed by atoms with Gasteiger partial charge in [-0.1, -0.05) is 62.6 Å². The summed E-state index contributed by atoms with van der Waals surface area (Å²) >= 11 is 0. The van der Waals surface area contributed by atoms with Gasteiger partial charge in [0.1, 0.15) is 5.82 Å². The van der Waals surface area contributed by atoms with Crippen molar-refractivity contribution in [1.82, 2.24) is 24.4 Å². The van der Waals surface area contributed by atoms with Gasteiger partial charge >= 0.3 is 11.1 Å². The number of nitrogens with one attached hydrogen (secondary N) is 2. The quantitative estimate of drug-likeness (QED) is 0.262. The highest BCUT2D eigenvalue weighted by Crippen LogP contribution is 2.31. The lowest BCUT2D eigenvalue weighted by atomic mass is 9.95. The zero-order chi connectivity index (χ0) is 28.6. The highest BCUT2D eigenvalue weighted by Gasteiger charge is 2.22. The molecule has 216 valence electrons. The maximum atomic E-state index is 12.8. The molecule has 1 aliphatic heterocycles. The second-order valence-corrected chi connectivity index (χ2v) is 11.8. The van der Waals surface area contributed by atoms with Crippen LogP contribution in [0.4, 0.5) is 5.69 Å². The highest BCUT2D eigenvalue weighted by atomic mass is 16.2. The van der Waals surface area contributed by atoms with Crippen LogP contribution in [0.15, 0.2) is 70.3 Å². The second kappa shape index (κ2) is 11.2. The van der Waals surface area contributed by atoms with Crippen LogP contribution in [0.5, 0.6) is 0 Å². The van der Waals surface area contributed by atoms with Crippen LogP contribution in [0.1, 0.15) is 56.2 Å². The molecule has 0 spiro atoms. The van der Waals surface area contributed by atoms with E-state index in [4.69, 9.17) is 4.98 Å². The van der Waals surface area contributed by atoms with Crippen molar-refractivity contribution in [3.8, 4) is 11.4 Å². The monoisotopic (exact) mass is 562 g/mol. The Labute approximate surface area is 245 Å². The number of H-pyrrole nitrogens is 2. The van der Waals surface area contributed by atoms with Crippen molar-refractivity contribution in [2.75, 3.05) is 31.1 Å². The molecule has 2 aliphatic rings. The summed E-state index contributed by atoms with van der Waals surface area (Å²) in [6.07, 6.45) is 6.37. The Kier molecular flexibility index (Phi) is 7.15. The Balaban J connectivity index is 1.07. The van der Waals surface area contributed by atoms with Crippen LogP contribution in [-0.4, -0.2) is 50.6 Å². The SMILES string of the molecule is CCc1ccc(-c2nc3cccc(N4CCN(Cc5ccc6c(c5)[nH]c(=O)c(=O)n6C5CCCCC5)CC4)c3[nH]2)cc1. The van der Waals surface area contributed by atoms with E-state index >= 15 is 0 Å².